The first-order chi connectivity index (χ1) is 15.1. The molecule has 0 fully saturated rings. The summed E-state index contributed by atoms with van der Waals surface area (Å²) in [6.07, 6.45) is 3.28. The summed E-state index contributed by atoms with van der Waals surface area (Å²) < 4.78 is 2.45. The molecule has 4 aromatic rings. The van der Waals surface area contributed by atoms with Crippen molar-refractivity contribution in [3.8, 4) is 0 Å². The Bertz CT molecular complexity index is 1220. The third-order valence-electron chi connectivity index (χ3n) is 4.91. The van der Waals surface area contributed by atoms with E-state index >= 15 is 0 Å². The van der Waals surface area contributed by atoms with Crippen LogP contribution in [0.2, 0.25) is 0 Å². The van der Waals surface area contributed by atoms with Crippen molar-refractivity contribution < 1.29 is 4.79 Å². The first kappa shape index (κ1) is 20.3. The zero-order valence-corrected chi connectivity index (χ0v) is 17.2. The molecule has 1 amide bonds. The number of rotatable bonds is 8. The van der Waals surface area contributed by atoms with E-state index in [9.17, 15) is 9.59 Å². The maximum atomic E-state index is 12.6. The molecule has 8 nitrogen and oxygen atoms in total. The number of anilines is 2. The van der Waals surface area contributed by atoms with Crippen molar-refractivity contribution in [2.24, 2.45) is 0 Å². The predicted octanol–water partition coefficient (Wildman–Crippen LogP) is 2.77. The Morgan fingerprint density at radius 2 is 1.74 bits per heavy atom. The summed E-state index contributed by atoms with van der Waals surface area (Å²) in [5, 5.41) is 10.3. The van der Waals surface area contributed by atoms with Gasteiger partial charge in [-0.1, -0.05) is 48.5 Å². The van der Waals surface area contributed by atoms with Crippen LogP contribution in [0, 0.1) is 0 Å². The third-order valence-corrected chi connectivity index (χ3v) is 4.91. The molecule has 0 radical (unpaired) electrons. The normalized spacial score (nSPS) is 11.9. The number of carbonyl (C=O) groups excluding carboxylic acids is 1. The first-order valence-electron chi connectivity index (χ1n) is 10.2. The van der Waals surface area contributed by atoms with Crippen molar-refractivity contribution in [1.29, 1.82) is 0 Å². The number of fused-ring (bicyclic) bond motifs is 1. The SMILES string of the molecule is CC(CCc1ccccc1)NC(=O)Cn1nc2nc(Nc3ccccc3)ccn2c1=O. The Morgan fingerprint density at radius 1 is 1.03 bits per heavy atom. The number of nitrogens with zero attached hydrogens (tertiary/aromatic N) is 4. The van der Waals surface area contributed by atoms with Crippen LogP contribution in [0.4, 0.5) is 11.5 Å². The zero-order chi connectivity index (χ0) is 21.6. The van der Waals surface area contributed by atoms with Crippen LogP contribution >= 0.6 is 0 Å². The fourth-order valence-corrected chi connectivity index (χ4v) is 3.30. The number of hydrogen-bond acceptors (Lipinski definition) is 5. The minimum atomic E-state index is -0.402. The smallest absolute Gasteiger partial charge is 0.352 e. The molecule has 2 heterocycles. The second-order valence-corrected chi connectivity index (χ2v) is 7.41. The van der Waals surface area contributed by atoms with Gasteiger partial charge in [-0.25, -0.2) is 13.9 Å². The highest BCUT2D eigenvalue weighted by molar-refractivity contribution is 5.75. The van der Waals surface area contributed by atoms with E-state index in [2.05, 4.69) is 32.8 Å². The van der Waals surface area contributed by atoms with Crippen molar-refractivity contribution >= 4 is 23.2 Å². The molecule has 4 rings (SSSR count). The highest BCUT2D eigenvalue weighted by atomic mass is 16.2. The monoisotopic (exact) mass is 416 g/mol. The van der Waals surface area contributed by atoms with E-state index in [-0.39, 0.29) is 24.3 Å². The van der Waals surface area contributed by atoms with Crippen LogP contribution in [0.5, 0.6) is 0 Å². The minimum Gasteiger partial charge on any atom is -0.352 e. The van der Waals surface area contributed by atoms with E-state index in [1.807, 2.05) is 55.5 Å². The van der Waals surface area contributed by atoms with Gasteiger partial charge in [-0.05, 0) is 43.5 Å². The lowest BCUT2D eigenvalue weighted by molar-refractivity contribution is -0.122. The van der Waals surface area contributed by atoms with Crippen LogP contribution in [-0.4, -0.2) is 31.1 Å². The van der Waals surface area contributed by atoms with Gasteiger partial charge in [0.05, 0.1) is 0 Å². The van der Waals surface area contributed by atoms with Gasteiger partial charge in [0.1, 0.15) is 12.4 Å². The Morgan fingerprint density at radius 3 is 2.48 bits per heavy atom. The van der Waals surface area contributed by atoms with E-state index in [4.69, 9.17) is 0 Å². The highest BCUT2D eigenvalue weighted by Crippen LogP contribution is 2.13. The molecule has 1 atom stereocenters. The number of hydrogen-bond donors (Lipinski definition) is 2. The Hall–Kier alpha value is -3.94. The molecule has 0 aliphatic carbocycles. The molecule has 31 heavy (non-hydrogen) atoms. The average Bonchev–Trinajstić information content (AvgIpc) is 3.08. The summed E-state index contributed by atoms with van der Waals surface area (Å²) >= 11 is 0. The van der Waals surface area contributed by atoms with Gasteiger partial charge in [0, 0.05) is 17.9 Å². The average molecular weight is 416 g/mol. The molecular weight excluding hydrogens is 392 g/mol. The molecule has 0 bridgehead atoms. The van der Waals surface area contributed by atoms with E-state index in [0.29, 0.717) is 5.82 Å². The van der Waals surface area contributed by atoms with Crippen molar-refractivity contribution in [3.05, 3.63) is 89.0 Å². The van der Waals surface area contributed by atoms with Gasteiger partial charge in [-0.3, -0.25) is 4.79 Å². The standard InChI is InChI=1S/C23H24N6O2/c1-17(12-13-18-8-4-2-5-9-18)24-21(30)16-29-23(31)28-15-14-20(26-22(28)27-29)25-19-10-6-3-7-11-19/h2-11,14-15,17H,12-13,16H2,1H3,(H,24,30)(H,25,26,27). The van der Waals surface area contributed by atoms with Crippen molar-refractivity contribution in [2.45, 2.75) is 32.4 Å². The zero-order valence-electron chi connectivity index (χ0n) is 17.2. The molecule has 2 aromatic heterocycles. The fraction of sp³-hybridized carbons (Fsp3) is 0.217. The van der Waals surface area contributed by atoms with Crippen LogP contribution in [0.3, 0.4) is 0 Å². The van der Waals surface area contributed by atoms with Crippen LogP contribution in [0.1, 0.15) is 18.9 Å². The van der Waals surface area contributed by atoms with Crippen molar-refractivity contribution in [3.63, 3.8) is 0 Å². The van der Waals surface area contributed by atoms with Crippen LogP contribution < -0.4 is 16.3 Å². The van der Waals surface area contributed by atoms with Gasteiger partial charge in [0.25, 0.3) is 5.78 Å². The molecule has 0 aliphatic heterocycles. The van der Waals surface area contributed by atoms with Crippen LogP contribution in [-0.2, 0) is 17.8 Å². The lowest BCUT2D eigenvalue weighted by Gasteiger charge is -2.13. The third kappa shape index (κ3) is 5.16. The van der Waals surface area contributed by atoms with Gasteiger partial charge in [-0.15, -0.1) is 5.10 Å². The summed E-state index contributed by atoms with van der Waals surface area (Å²) in [5.74, 6) is 0.541. The largest absolute Gasteiger partial charge is 0.352 e. The van der Waals surface area contributed by atoms with Gasteiger partial charge in [-0.2, -0.15) is 4.98 Å². The van der Waals surface area contributed by atoms with Gasteiger partial charge < -0.3 is 10.6 Å². The molecule has 2 aromatic carbocycles. The second kappa shape index (κ2) is 9.25. The molecular formula is C23H24N6O2. The minimum absolute atomic E-state index is 0.0137. The highest BCUT2D eigenvalue weighted by Gasteiger charge is 2.14. The molecule has 0 saturated heterocycles. The maximum Gasteiger partial charge on any atom is 0.352 e. The predicted molar refractivity (Wildman–Crippen MR) is 119 cm³/mol. The first-order valence-corrected chi connectivity index (χ1v) is 10.2. The maximum absolute atomic E-state index is 12.6. The number of aryl methyl sites for hydroxylation is 1. The van der Waals surface area contributed by atoms with Crippen LogP contribution in [0.15, 0.2) is 77.7 Å². The number of para-hydroxylation sites is 1. The number of carbonyl (C=O) groups is 1. The summed E-state index contributed by atoms with van der Waals surface area (Å²) in [6, 6.07) is 21.4. The topological polar surface area (TPSA) is 93.3 Å². The van der Waals surface area contributed by atoms with Crippen LogP contribution in [0.25, 0.3) is 5.78 Å². The van der Waals surface area contributed by atoms with E-state index in [1.54, 1.807) is 12.3 Å². The number of aromatic nitrogens is 4. The molecule has 0 spiro atoms. The molecule has 0 aliphatic rings. The summed E-state index contributed by atoms with van der Waals surface area (Å²) in [7, 11) is 0. The van der Waals surface area contributed by atoms with E-state index in [0.717, 1.165) is 23.2 Å². The second-order valence-electron chi connectivity index (χ2n) is 7.41. The van der Waals surface area contributed by atoms with E-state index < -0.39 is 5.69 Å². The Balaban J connectivity index is 1.39. The number of nitrogens with one attached hydrogen (secondary N) is 2. The lowest BCUT2D eigenvalue weighted by atomic mass is 10.1. The van der Waals surface area contributed by atoms with Crippen molar-refractivity contribution in [2.75, 3.05) is 5.32 Å². The molecule has 2 N–H and O–H groups in total. The van der Waals surface area contributed by atoms with E-state index in [1.165, 1.54) is 9.96 Å². The summed E-state index contributed by atoms with van der Waals surface area (Å²) in [6.45, 7) is 1.80. The molecule has 158 valence electrons. The van der Waals surface area contributed by atoms with Gasteiger partial charge in [0.2, 0.25) is 5.91 Å². The van der Waals surface area contributed by atoms with Gasteiger partial charge >= 0.3 is 5.69 Å². The Kier molecular flexibility index (Phi) is 6.07. The number of amides is 1. The lowest BCUT2D eigenvalue weighted by Crippen LogP contribution is -2.37. The quantitative estimate of drug-likeness (QED) is 0.461. The Labute approximate surface area is 179 Å². The number of benzene rings is 2. The molecule has 8 heteroatoms. The summed E-state index contributed by atoms with van der Waals surface area (Å²) in [4.78, 5) is 29.3. The fourth-order valence-electron chi connectivity index (χ4n) is 3.30. The summed E-state index contributed by atoms with van der Waals surface area (Å²) in [5.41, 5.74) is 1.71. The van der Waals surface area contributed by atoms with Gasteiger partial charge in [0.15, 0.2) is 0 Å². The molecule has 0 saturated carbocycles. The molecule has 1 unspecified atom stereocenters. The van der Waals surface area contributed by atoms with Crippen molar-refractivity contribution in [1.82, 2.24) is 24.5 Å².